The summed E-state index contributed by atoms with van der Waals surface area (Å²) < 4.78 is 2.57. The average Bonchev–Trinajstić information content (AvgIpc) is 2.94. The summed E-state index contributed by atoms with van der Waals surface area (Å²) in [4.78, 5) is 9.20. The first-order valence-electron chi connectivity index (χ1n) is 4.58. The molecular formula is C10H4N2S4. The first-order chi connectivity index (χ1) is 7.90. The van der Waals surface area contributed by atoms with E-state index < -0.39 is 0 Å². The van der Waals surface area contributed by atoms with E-state index in [1.165, 1.54) is 8.03 Å². The molecular weight excluding hydrogens is 276 g/mol. The third-order valence-electron chi connectivity index (χ3n) is 2.23. The van der Waals surface area contributed by atoms with Crippen LogP contribution >= 0.6 is 45.3 Å². The number of thiazole rings is 2. The second-order valence-corrected chi connectivity index (χ2v) is 7.57. The van der Waals surface area contributed by atoms with E-state index in [0.29, 0.717) is 0 Å². The minimum absolute atomic E-state index is 1.05. The summed E-state index contributed by atoms with van der Waals surface area (Å²) in [7, 11) is 0. The monoisotopic (exact) mass is 280 g/mol. The van der Waals surface area contributed by atoms with Crippen molar-refractivity contribution >= 4 is 64.4 Å². The number of aromatic nitrogens is 2. The van der Waals surface area contributed by atoms with Gasteiger partial charge in [0, 0.05) is 0 Å². The molecule has 0 atom stereocenters. The molecule has 16 heavy (non-hydrogen) atoms. The summed E-state index contributed by atoms with van der Waals surface area (Å²) >= 11 is 6.97. The molecule has 4 heterocycles. The quantitative estimate of drug-likeness (QED) is 0.505. The Morgan fingerprint density at radius 2 is 1.25 bits per heavy atom. The van der Waals surface area contributed by atoms with Crippen molar-refractivity contribution in [1.82, 2.24) is 9.97 Å². The lowest BCUT2D eigenvalue weighted by atomic mass is 10.6. The van der Waals surface area contributed by atoms with Crippen LogP contribution in [-0.4, -0.2) is 9.97 Å². The van der Waals surface area contributed by atoms with E-state index in [0.717, 1.165) is 21.0 Å². The van der Waals surface area contributed by atoms with Gasteiger partial charge in [-0.3, -0.25) is 0 Å². The van der Waals surface area contributed by atoms with E-state index in [1.54, 1.807) is 45.3 Å². The normalized spacial score (nSPS) is 11.8. The molecule has 0 aliphatic carbocycles. The highest BCUT2D eigenvalue weighted by Gasteiger charge is 2.12. The fourth-order valence-corrected chi connectivity index (χ4v) is 5.41. The summed E-state index contributed by atoms with van der Waals surface area (Å²) in [6.45, 7) is 0. The maximum atomic E-state index is 4.60. The summed E-state index contributed by atoms with van der Waals surface area (Å²) in [6, 6.07) is 4.13. The number of hydrogen-bond acceptors (Lipinski definition) is 6. The zero-order valence-corrected chi connectivity index (χ0v) is 11.1. The number of hydrogen-bond donors (Lipinski definition) is 0. The lowest BCUT2D eigenvalue weighted by Gasteiger charge is -1.83. The zero-order valence-electron chi connectivity index (χ0n) is 7.84. The van der Waals surface area contributed by atoms with Gasteiger partial charge in [0.25, 0.3) is 0 Å². The predicted octanol–water partition coefficient (Wildman–Crippen LogP) is 4.70. The molecule has 0 spiro atoms. The van der Waals surface area contributed by atoms with Crippen LogP contribution in [0, 0.1) is 0 Å². The molecule has 0 saturated heterocycles. The molecule has 0 radical (unpaired) electrons. The van der Waals surface area contributed by atoms with Gasteiger partial charge in [0.05, 0.1) is 11.0 Å². The van der Waals surface area contributed by atoms with Crippen molar-refractivity contribution in [3.8, 4) is 10.0 Å². The summed E-state index contributed by atoms with van der Waals surface area (Å²) in [5.41, 5.74) is 2.20. The van der Waals surface area contributed by atoms with E-state index in [-0.39, 0.29) is 0 Å². The van der Waals surface area contributed by atoms with Gasteiger partial charge in [0.1, 0.15) is 8.03 Å². The highest BCUT2D eigenvalue weighted by molar-refractivity contribution is 7.42. The Morgan fingerprint density at radius 1 is 0.750 bits per heavy atom. The highest BCUT2D eigenvalue weighted by Crippen LogP contribution is 2.38. The van der Waals surface area contributed by atoms with Crippen molar-refractivity contribution in [2.45, 2.75) is 0 Å². The Morgan fingerprint density at radius 3 is 1.69 bits per heavy atom. The van der Waals surface area contributed by atoms with Gasteiger partial charge in [0.15, 0.2) is 10.0 Å². The van der Waals surface area contributed by atoms with Crippen LogP contribution in [-0.2, 0) is 0 Å². The molecule has 2 nitrogen and oxygen atoms in total. The number of rotatable bonds is 1. The molecule has 0 aromatic carbocycles. The van der Waals surface area contributed by atoms with E-state index in [4.69, 9.17) is 0 Å². The molecule has 0 aliphatic heterocycles. The third-order valence-corrected chi connectivity index (χ3v) is 6.57. The molecule has 0 unspecified atom stereocenters. The molecule has 4 rings (SSSR count). The van der Waals surface area contributed by atoms with Gasteiger partial charge in [-0.1, -0.05) is 0 Å². The Kier molecular flexibility index (Phi) is 1.92. The Balaban J connectivity index is 1.96. The molecule has 78 valence electrons. The van der Waals surface area contributed by atoms with Crippen molar-refractivity contribution in [2.75, 3.05) is 0 Å². The average molecular weight is 280 g/mol. The first-order valence-corrected chi connectivity index (χ1v) is 7.98. The largest absolute Gasteiger partial charge is 0.233 e. The summed E-state index contributed by atoms with van der Waals surface area (Å²) in [5.74, 6) is 0. The van der Waals surface area contributed by atoms with Crippen molar-refractivity contribution < 1.29 is 0 Å². The van der Waals surface area contributed by atoms with Crippen LogP contribution < -0.4 is 0 Å². The standard InChI is InChI=1S/C10H4N2S4/c1-3-13-9-5(1)11-7(15-9)8-12-6-2-4-14-10(6)16-8/h1-4H. The Hall–Kier alpha value is -0.820. The van der Waals surface area contributed by atoms with Gasteiger partial charge < -0.3 is 0 Å². The maximum Gasteiger partial charge on any atom is 0.154 e. The van der Waals surface area contributed by atoms with E-state index in [2.05, 4.69) is 32.9 Å². The lowest BCUT2D eigenvalue weighted by molar-refractivity contribution is 1.43. The first kappa shape index (κ1) is 9.23. The van der Waals surface area contributed by atoms with Crippen LogP contribution in [0.5, 0.6) is 0 Å². The SMILES string of the molecule is c1cc2nc(-c3nc4ccsc4s3)sc2s1. The van der Waals surface area contributed by atoms with Crippen LogP contribution in [0.15, 0.2) is 22.9 Å². The lowest BCUT2D eigenvalue weighted by Crippen LogP contribution is -1.71. The van der Waals surface area contributed by atoms with Crippen molar-refractivity contribution in [2.24, 2.45) is 0 Å². The van der Waals surface area contributed by atoms with Crippen LogP contribution in [0.3, 0.4) is 0 Å². The molecule has 0 N–H and O–H groups in total. The summed E-state index contributed by atoms with van der Waals surface area (Å²) in [6.07, 6.45) is 0. The third kappa shape index (κ3) is 1.27. The molecule has 6 heteroatoms. The molecule has 0 bridgehead atoms. The minimum atomic E-state index is 1.05. The van der Waals surface area contributed by atoms with Gasteiger partial charge in [0.2, 0.25) is 0 Å². The fraction of sp³-hybridized carbons (Fsp3) is 0. The van der Waals surface area contributed by atoms with E-state index in [1.807, 2.05) is 0 Å². The zero-order chi connectivity index (χ0) is 10.5. The second-order valence-electron chi connectivity index (χ2n) is 3.22. The summed E-state index contributed by atoms with van der Waals surface area (Å²) in [5, 5.41) is 6.27. The van der Waals surface area contributed by atoms with Crippen LogP contribution in [0.2, 0.25) is 0 Å². The Bertz CT molecular complexity index is 649. The van der Waals surface area contributed by atoms with Gasteiger partial charge in [-0.25, -0.2) is 9.97 Å². The second kappa shape index (κ2) is 3.33. The number of nitrogens with zero attached hydrogens (tertiary/aromatic N) is 2. The van der Waals surface area contributed by atoms with Crippen molar-refractivity contribution in [3.05, 3.63) is 22.9 Å². The topological polar surface area (TPSA) is 25.8 Å². The van der Waals surface area contributed by atoms with Crippen LogP contribution in [0.4, 0.5) is 0 Å². The Labute approximate surface area is 107 Å². The molecule has 0 amide bonds. The molecule has 0 saturated carbocycles. The molecule has 4 aromatic heterocycles. The van der Waals surface area contributed by atoms with Gasteiger partial charge in [-0.15, -0.1) is 45.3 Å². The molecule has 0 aliphatic rings. The maximum absolute atomic E-state index is 4.60. The smallest absolute Gasteiger partial charge is 0.154 e. The van der Waals surface area contributed by atoms with E-state index in [9.17, 15) is 0 Å². The molecule has 4 aromatic rings. The number of thiophene rings is 2. The number of fused-ring (bicyclic) bond motifs is 2. The minimum Gasteiger partial charge on any atom is -0.233 e. The fourth-order valence-electron chi connectivity index (χ4n) is 1.52. The van der Waals surface area contributed by atoms with Crippen LogP contribution in [0.1, 0.15) is 0 Å². The van der Waals surface area contributed by atoms with Crippen molar-refractivity contribution in [1.29, 1.82) is 0 Å². The van der Waals surface area contributed by atoms with Crippen LogP contribution in [0.25, 0.3) is 29.1 Å². The molecule has 0 fully saturated rings. The highest BCUT2D eigenvalue weighted by atomic mass is 32.2. The predicted molar refractivity (Wildman–Crippen MR) is 74.0 cm³/mol. The van der Waals surface area contributed by atoms with Gasteiger partial charge in [-0.2, -0.15) is 0 Å². The van der Waals surface area contributed by atoms with E-state index >= 15 is 0 Å². The van der Waals surface area contributed by atoms with Gasteiger partial charge >= 0.3 is 0 Å². The van der Waals surface area contributed by atoms with Gasteiger partial charge in [-0.05, 0) is 22.9 Å². The van der Waals surface area contributed by atoms with Crippen molar-refractivity contribution in [3.63, 3.8) is 0 Å².